The molecule has 440 valence electrons. The first-order valence-corrected chi connectivity index (χ1v) is 32.4. The van der Waals surface area contributed by atoms with Crippen molar-refractivity contribution < 1.29 is 28.6 Å². The number of hydrogen-bond donors (Lipinski definition) is 0. The van der Waals surface area contributed by atoms with Crippen molar-refractivity contribution in [2.45, 2.75) is 309 Å². The lowest BCUT2D eigenvalue weighted by Crippen LogP contribution is -2.30. The summed E-state index contributed by atoms with van der Waals surface area (Å²) >= 11 is 0. The van der Waals surface area contributed by atoms with E-state index in [-0.39, 0.29) is 31.1 Å². The second-order valence-corrected chi connectivity index (χ2v) is 21.3. The van der Waals surface area contributed by atoms with Gasteiger partial charge in [0.1, 0.15) is 13.2 Å². The van der Waals surface area contributed by atoms with E-state index in [4.69, 9.17) is 14.2 Å². The van der Waals surface area contributed by atoms with Crippen molar-refractivity contribution in [1.82, 2.24) is 0 Å². The molecule has 1 atom stereocenters. The molecule has 6 heteroatoms. The van der Waals surface area contributed by atoms with Crippen LogP contribution < -0.4 is 0 Å². The van der Waals surface area contributed by atoms with Crippen LogP contribution in [0.3, 0.4) is 0 Å². The molecule has 0 spiro atoms. The van der Waals surface area contributed by atoms with E-state index >= 15 is 0 Å². The highest BCUT2D eigenvalue weighted by Crippen LogP contribution is 2.17. The first-order chi connectivity index (χ1) is 38.0. The van der Waals surface area contributed by atoms with Crippen molar-refractivity contribution in [3.8, 4) is 0 Å². The molecule has 0 aromatic carbocycles. The first-order valence-electron chi connectivity index (χ1n) is 32.4. The molecule has 0 bridgehead atoms. The number of esters is 3. The molecule has 0 amide bonds. The molecular formula is C71H120O6. The fraction of sp³-hybridized carbons (Fsp3) is 0.704. The lowest BCUT2D eigenvalue weighted by atomic mass is 10.0. The molecule has 1 unspecified atom stereocenters. The van der Waals surface area contributed by atoms with Gasteiger partial charge in [-0.3, -0.25) is 14.4 Å². The van der Waals surface area contributed by atoms with Gasteiger partial charge in [0.2, 0.25) is 0 Å². The lowest BCUT2D eigenvalue weighted by molar-refractivity contribution is -0.167. The summed E-state index contributed by atoms with van der Waals surface area (Å²) in [5, 5.41) is 0. The average Bonchev–Trinajstić information content (AvgIpc) is 3.43. The highest BCUT2D eigenvalue weighted by Gasteiger charge is 2.19. The Morgan fingerprint density at radius 3 is 0.792 bits per heavy atom. The van der Waals surface area contributed by atoms with Crippen LogP contribution in [0.4, 0.5) is 0 Å². The van der Waals surface area contributed by atoms with Gasteiger partial charge >= 0.3 is 17.9 Å². The second-order valence-electron chi connectivity index (χ2n) is 21.3. The molecular weight excluding hydrogens is 949 g/mol. The Labute approximate surface area is 476 Å². The third-order valence-corrected chi connectivity index (χ3v) is 13.8. The lowest BCUT2D eigenvalue weighted by Gasteiger charge is -2.18. The van der Waals surface area contributed by atoms with Crippen molar-refractivity contribution in [2.24, 2.45) is 0 Å². The maximum Gasteiger partial charge on any atom is 0.306 e. The van der Waals surface area contributed by atoms with Crippen LogP contribution in [-0.4, -0.2) is 37.2 Å². The molecule has 77 heavy (non-hydrogen) atoms. The Balaban J connectivity index is 4.40. The molecule has 0 aliphatic carbocycles. The normalized spacial score (nSPS) is 12.8. The van der Waals surface area contributed by atoms with E-state index in [2.05, 4.69) is 130 Å². The van der Waals surface area contributed by atoms with Crippen molar-refractivity contribution in [1.29, 1.82) is 0 Å². The number of rotatable bonds is 58. The van der Waals surface area contributed by atoms with Gasteiger partial charge in [-0.25, -0.2) is 0 Å². The van der Waals surface area contributed by atoms with Crippen LogP contribution in [0.25, 0.3) is 0 Å². The van der Waals surface area contributed by atoms with E-state index in [1.54, 1.807) is 0 Å². The molecule has 0 saturated carbocycles. The number of allylic oxidation sites excluding steroid dienone is 18. The van der Waals surface area contributed by atoms with Crippen LogP contribution in [-0.2, 0) is 28.6 Å². The summed E-state index contributed by atoms with van der Waals surface area (Å²) in [7, 11) is 0. The van der Waals surface area contributed by atoms with Gasteiger partial charge < -0.3 is 14.2 Å². The summed E-state index contributed by atoms with van der Waals surface area (Å²) in [5.41, 5.74) is 0. The molecule has 6 nitrogen and oxygen atoms in total. The summed E-state index contributed by atoms with van der Waals surface area (Å²) in [6.45, 7) is 6.42. The highest BCUT2D eigenvalue weighted by molar-refractivity contribution is 5.71. The largest absolute Gasteiger partial charge is 0.462 e. The van der Waals surface area contributed by atoms with Gasteiger partial charge in [-0.1, -0.05) is 291 Å². The smallest absolute Gasteiger partial charge is 0.306 e. The van der Waals surface area contributed by atoms with Gasteiger partial charge in [-0.2, -0.15) is 0 Å². The molecule has 0 rings (SSSR count). The number of carbonyl (C=O) groups excluding carboxylic acids is 3. The Morgan fingerprint density at radius 1 is 0.273 bits per heavy atom. The molecule has 0 saturated heterocycles. The fourth-order valence-electron chi connectivity index (χ4n) is 8.99. The monoisotopic (exact) mass is 1070 g/mol. The van der Waals surface area contributed by atoms with Gasteiger partial charge in [-0.05, 0) is 103 Å². The number of hydrogen-bond acceptors (Lipinski definition) is 6. The Kier molecular flexibility index (Phi) is 61.3. The molecule has 0 N–H and O–H groups in total. The summed E-state index contributed by atoms with van der Waals surface area (Å²) in [6, 6.07) is 0. The fourth-order valence-corrected chi connectivity index (χ4v) is 8.99. The van der Waals surface area contributed by atoms with E-state index in [9.17, 15) is 14.4 Å². The average molecular weight is 1070 g/mol. The minimum Gasteiger partial charge on any atom is -0.462 e. The first kappa shape index (κ1) is 73.1. The highest BCUT2D eigenvalue weighted by atomic mass is 16.6. The minimum absolute atomic E-state index is 0.0906. The van der Waals surface area contributed by atoms with Crippen molar-refractivity contribution >= 4 is 17.9 Å². The van der Waals surface area contributed by atoms with E-state index in [0.29, 0.717) is 19.3 Å². The van der Waals surface area contributed by atoms with E-state index < -0.39 is 6.10 Å². The van der Waals surface area contributed by atoms with Gasteiger partial charge in [0.15, 0.2) is 6.10 Å². The predicted octanol–water partition coefficient (Wildman–Crippen LogP) is 22.2. The SMILES string of the molecule is CC/C=C\C/C=C\C/C=C\C/C=C\C/C=C\C/C=C\CCCCCCCCC(=O)OCC(COC(=O)CCCCCCC/C=C\C/C=C\C/C=C\CC)OC(=O)CCCCCCCCCCCCCCCCCCCCC. The second kappa shape index (κ2) is 64.6. The van der Waals surface area contributed by atoms with Crippen LogP contribution in [0, 0.1) is 0 Å². The van der Waals surface area contributed by atoms with Crippen LogP contribution in [0.15, 0.2) is 109 Å². The third-order valence-electron chi connectivity index (χ3n) is 13.8. The summed E-state index contributed by atoms with van der Waals surface area (Å²) in [6.07, 6.45) is 88.1. The Morgan fingerprint density at radius 2 is 0.506 bits per heavy atom. The maximum atomic E-state index is 12.9. The van der Waals surface area contributed by atoms with Gasteiger partial charge in [0.25, 0.3) is 0 Å². The molecule has 0 aliphatic rings. The topological polar surface area (TPSA) is 78.9 Å². The molecule has 0 aromatic heterocycles. The van der Waals surface area contributed by atoms with E-state index in [1.165, 1.54) is 116 Å². The zero-order chi connectivity index (χ0) is 55.7. The summed E-state index contributed by atoms with van der Waals surface area (Å²) in [5.74, 6) is -0.910. The summed E-state index contributed by atoms with van der Waals surface area (Å²) in [4.78, 5) is 38.3. The van der Waals surface area contributed by atoms with Gasteiger partial charge in [0.05, 0.1) is 0 Å². The van der Waals surface area contributed by atoms with Crippen molar-refractivity contribution in [3.05, 3.63) is 109 Å². The van der Waals surface area contributed by atoms with Crippen LogP contribution >= 0.6 is 0 Å². The molecule has 0 radical (unpaired) electrons. The molecule has 0 heterocycles. The quantitative estimate of drug-likeness (QED) is 0.0261. The molecule has 0 aliphatic heterocycles. The van der Waals surface area contributed by atoms with Crippen LogP contribution in [0.5, 0.6) is 0 Å². The van der Waals surface area contributed by atoms with E-state index in [1.807, 2.05) is 0 Å². The minimum atomic E-state index is -0.793. The van der Waals surface area contributed by atoms with Crippen molar-refractivity contribution in [3.63, 3.8) is 0 Å². The molecule has 0 fully saturated rings. The number of carbonyl (C=O) groups is 3. The number of ether oxygens (including phenoxy) is 3. The standard InChI is InChI=1S/C71H120O6/c1-4-7-10-13-16-19-22-25-28-30-32-33-34-35-36-37-39-40-43-46-49-52-55-58-61-64-70(73)76-67-68(66-75-69(72)63-60-57-54-51-48-45-42-27-24-21-18-15-12-9-6-3)77-71(74)65-62-59-56-53-50-47-44-41-38-31-29-26-23-20-17-14-11-8-5-2/h7,9-10,12,16,18-19,21,25,27-28,32-33,35-36,39-40,42,68H,4-6,8,11,13-15,17,20,22-24,26,29-31,34,37-38,41,43-67H2,1-3H3/b10-7-,12-9-,19-16-,21-18-,28-25-,33-32-,36-35-,40-39-,42-27-. The van der Waals surface area contributed by atoms with Crippen LogP contribution in [0.1, 0.15) is 303 Å². The Bertz CT molecular complexity index is 1560. The van der Waals surface area contributed by atoms with Gasteiger partial charge in [0, 0.05) is 19.3 Å². The third kappa shape index (κ3) is 62.8. The Hall–Kier alpha value is -3.93. The van der Waals surface area contributed by atoms with Crippen LogP contribution in [0.2, 0.25) is 0 Å². The van der Waals surface area contributed by atoms with E-state index in [0.717, 1.165) is 148 Å². The zero-order valence-corrected chi connectivity index (χ0v) is 50.4. The maximum absolute atomic E-state index is 12.9. The zero-order valence-electron chi connectivity index (χ0n) is 50.4. The van der Waals surface area contributed by atoms with Crippen molar-refractivity contribution in [2.75, 3.05) is 13.2 Å². The predicted molar refractivity (Wildman–Crippen MR) is 334 cm³/mol. The number of unbranched alkanes of at least 4 members (excludes halogenated alkanes) is 29. The van der Waals surface area contributed by atoms with Gasteiger partial charge in [-0.15, -0.1) is 0 Å². The summed E-state index contributed by atoms with van der Waals surface area (Å²) < 4.78 is 16.9. The molecule has 0 aromatic rings.